The molecule has 118 valence electrons. The van der Waals surface area contributed by atoms with E-state index in [0.29, 0.717) is 30.3 Å². The maximum Gasteiger partial charge on any atom is 0.230 e. The summed E-state index contributed by atoms with van der Waals surface area (Å²) in [5.41, 5.74) is 1.41. The van der Waals surface area contributed by atoms with E-state index >= 15 is 0 Å². The quantitative estimate of drug-likeness (QED) is 0.768. The zero-order valence-corrected chi connectivity index (χ0v) is 13.1. The van der Waals surface area contributed by atoms with Crippen molar-refractivity contribution in [1.29, 1.82) is 0 Å². The van der Waals surface area contributed by atoms with Gasteiger partial charge in [-0.25, -0.2) is 9.37 Å². The first kappa shape index (κ1) is 16.5. The van der Waals surface area contributed by atoms with Gasteiger partial charge in [0.1, 0.15) is 5.82 Å². The maximum atomic E-state index is 13.0. The van der Waals surface area contributed by atoms with Crippen LogP contribution in [0.3, 0.4) is 0 Å². The molecule has 0 saturated carbocycles. The van der Waals surface area contributed by atoms with Gasteiger partial charge in [0, 0.05) is 25.5 Å². The zero-order valence-electron chi connectivity index (χ0n) is 12.3. The Hall–Kier alpha value is -1.83. The molecule has 0 spiro atoms. The van der Waals surface area contributed by atoms with E-state index in [2.05, 4.69) is 10.3 Å². The summed E-state index contributed by atoms with van der Waals surface area (Å²) >= 11 is 1.36. The average molecular weight is 323 g/mol. The summed E-state index contributed by atoms with van der Waals surface area (Å²) in [6.07, 6.45) is 0.687. The second kappa shape index (κ2) is 7.98. The number of hydrogen-bond donors (Lipinski definition) is 2. The van der Waals surface area contributed by atoms with Gasteiger partial charge < -0.3 is 10.4 Å². The minimum absolute atomic E-state index is 0.151. The highest BCUT2D eigenvalue weighted by atomic mass is 32.1. The lowest BCUT2D eigenvalue weighted by atomic mass is 10.3. The monoisotopic (exact) mass is 323 g/mol. The van der Waals surface area contributed by atoms with Crippen LogP contribution in [0.15, 0.2) is 29.6 Å². The SMILES string of the molecule is CC(=O)N(c1ccc(F)cc1)c1nc(CNCCCO)cs1. The largest absolute Gasteiger partial charge is 0.396 e. The standard InChI is InChI=1S/C15H18FN3O2S/c1-11(21)19(14-5-3-12(16)4-6-14)15-18-13(10-22-15)9-17-7-2-8-20/h3-6,10,17,20H,2,7-9H2,1H3. The van der Waals surface area contributed by atoms with Crippen LogP contribution in [-0.4, -0.2) is 29.1 Å². The molecule has 0 atom stereocenters. The molecule has 0 saturated heterocycles. The molecule has 1 aromatic carbocycles. The number of carbonyl (C=O) groups excluding carboxylic acids is 1. The van der Waals surface area contributed by atoms with Crippen LogP contribution in [0, 0.1) is 5.82 Å². The highest BCUT2D eigenvalue weighted by Crippen LogP contribution is 2.28. The zero-order chi connectivity index (χ0) is 15.9. The van der Waals surface area contributed by atoms with Crippen molar-refractivity contribution in [3.05, 3.63) is 41.2 Å². The summed E-state index contributed by atoms with van der Waals surface area (Å²) in [4.78, 5) is 17.8. The van der Waals surface area contributed by atoms with Crippen LogP contribution in [0.25, 0.3) is 0 Å². The molecule has 2 N–H and O–H groups in total. The Morgan fingerprint density at radius 2 is 2.14 bits per heavy atom. The predicted octanol–water partition coefficient (Wildman–Crippen LogP) is 2.44. The molecule has 0 aliphatic heterocycles. The van der Waals surface area contributed by atoms with E-state index in [1.54, 1.807) is 12.1 Å². The highest BCUT2D eigenvalue weighted by molar-refractivity contribution is 7.14. The van der Waals surface area contributed by atoms with Crippen molar-refractivity contribution >= 4 is 28.1 Å². The summed E-state index contributed by atoms with van der Waals surface area (Å²) < 4.78 is 13.0. The van der Waals surface area contributed by atoms with Crippen LogP contribution in [0.2, 0.25) is 0 Å². The molecule has 0 radical (unpaired) electrons. The molecule has 7 heteroatoms. The van der Waals surface area contributed by atoms with Crippen molar-refractivity contribution in [2.75, 3.05) is 18.1 Å². The Balaban J connectivity index is 2.11. The summed E-state index contributed by atoms with van der Waals surface area (Å²) in [7, 11) is 0. The van der Waals surface area contributed by atoms with Gasteiger partial charge in [-0.05, 0) is 37.2 Å². The van der Waals surface area contributed by atoms with Crippen molar-refractivity contribution in [2.45, 2.75) is 19.9 Å². The fraction of sp³-hybridized carbons (Fsp3) is 0.333. The molecule has 0 fully saturated rings. The molecular formula is C15H18FN3O2S. The lowest BCUT2D eigenvalue weighted by Gasteiger charge is -2.17. The third-order valence-corrected chi connectivity index (χ3v) is 3.82. The second-order valence-corrected chi connectivity index (χ2v) is 5.54. The Kier molecular flexibility index (Phi) is 6.00. The number of amides is 1. The van der Waals surface area contributed by atoms with Crippen molar-refractivity contribution in [3.63, 3.8) is 0 Å². The second-order valence-electron chi connectivity index (χ2n) is 4.71. The smallest absolute Gasteiger partial charge is 0.230 e. The number of nitrogens with one attached hydrogen (secondary N) is 1. The summed E-state index contributed by atoms with van der Waals surface area (Å²) in [5.74, 6) is -0.527. The van der Waals surface area contributed by atoms with Crippen molar-refractivity contribution in [2.24, 2.45) is 0 Å². The number of anilines is 2. The Bertz CT molecular complexity index is 616. The van der Waals surface area contributed by atoms with E-state index < -0.39 is 0 Å². The molecule has 1 heterocycles. The van der Waals surface area contributed by atoms with Crippen molar-refractivity contribution < 1.29 is 14.3 Å². The number of aromatic nitrogens is 1. The van der Waals surface area contributed by atoms with E-state index in [1.807, 2.05) is 5.38 Å². The maximum absolute atomic E-state index is 13.0. The molecule has 0 aliphatic carbocycles. The van der Waals surface area contributed by atoms with E-state index in [1.165, 1.54) is 35.3 Å². The summed E-state index contributed by atoms with van der Waals surface area (Å²) in [5, 5.41) is 14.3. The average Bonchev–Trinajstić information content (AvgIpc) is 2.94. The molecule has 1 amide bonds. The summed E-state index contributed by atoms with van der Waals surface area (Å²) in [6, 6.07) is 5.74. The van der Waals surface area contributed by atoms with Gasteiger partial charge in [0.15, 0.2) is 5.13 Å². The van der Waals surface area contributed by atoms with Gasteiger partial charge in [-0.2, -0.15) is 0 Å². The lowest BCUT2D eigenvalue weighted by molar-refractivity contribution is -0.115. The van der Waals surface area contributed by atoms with Gasteiger partial charge in [0.2, 0.25) is 5.91 Å². The molecule has 22 heavy (non-hydrogen) atoms. The number of halogens is 1. The first-order chi connectivity index (χ1) is 10.6. The normalized spacial score (nSPS) is 10.7. The first-order valence-corrected chi connectivity index (χ1v) is 7.82. The number of aliphatic hydroxyl groups is 1. The number of hydrogen-bond acceptors (Lipinski definition) is 5. The molecule has 2 aromatic rings. The van der Waals surface area contributed by atoms with Gasteiger partial charge in [0.05, 0.1) is 11.4 Å². The Morgan fingerprint density at radius 3 is 2.77 bits per heavy atom. The van der Waals surface area contributed by atoms with Gasteiger partial charge in [-0.3, -0.25) is 9.69 Å². The fourth-order valence-corrected chi connectivity index (χ4v) is 2.80. The minimum Gasteiger partial charge on any atom is -0.396 e. The Morgan fingerprint density at radius 1 is 1.41 bits per heavy atom. The number of benzene rings is 1. The molecular weight excluding hydrogens is 305 g/mol. The van der Waals surface area contributed by atoms with E-state index in [9.17, 15) is 9.18 Å². The van der Waals surface area contributed by atoms with Gasteiger partial charge >= 0.3 is 0 Å². The van der Waals surface area contributed by atoms with E-state index in [-0.39, 0.29) is 18.3 Å². The molecule has 1 aromatic heterocycles. The molecule has 0 unspecified atom stereocenters. The lowest BCUT2D eigenvalue weighted by Crippen LogP contribution is -2.23. The Labute approximate surface area is 132 Å². The number of carbonyl (C=O) groups is 1. The topological polar surface area (TPSA) is 65.5 Å². The minimum atomic E-state index is -0.347. The first-order valence-electron chi connectivity index (χ1n) is 6.94. The van der Waals surface area contributed by atoms with Crippen LogP contribution in [0.4, 0.5) is 15.2 Å². The van der Waals surface area contributed by atoms with Crippen LogP contribution in [0.1, 0.15) is 19.0 Å². The van der Waals surface area contributed by atoms with Crippen LogP contribution < -0.4 is 10.2 Å². The number of aliphatic hydroxyl groups excluding tert-OH is 1. The molecule has 0 aliphatic rings. The van der Waals surface area contributed by atoms with Crippen molar-refractivity contribution in [1.82, 2.24) is 10.3 Å². The van der Waals surface area contributed by atoms with Crippen LogP contribution in [-0.2, 0) is 11.3 Å². The van der Waals surface area contributed by atoms with Crippen LogP contribution >= 0.6 is 11.3 Å². The highest BCUT2D eigenvalue weighted by Gasteiger charge is 2.17. The van der Waals surface area contributed by atoms with Crippen molar-refractivity contribution in [3.8, 4) is 0 Å². The fourth-order valence-electron chi connectivity index (χ4n) is 1.92. The predicted molar refractivity (Wildman–Crippen MR) is 84.7 cm³/mol. The van der Waals surface area contributed by atoms with Crippen LogP contribution in [0.5, 0.6) is 0 Å². The van der Waals surface area contributed by atoms with Gasteiger partial charge in [-0.15, -0.1) is 11.3 Å². The third-order valence-electron chi connectivity index (χ3n) is 2.95. The summed E-state index contributed by atoms with van der Waals surface area (Å²) in [6.45, 7) is 2.88. The third kappa shape index (κ3) is 4.33. The van der Waals surface area contributed by atoms with E-state index in [0.717, 1.165) is 5.69 Å². The number of thiazole rings is 1. The van der Waals surface area contributed by atoms with Gasteiger partial charge in [0.25, 0.3) is 0 Å². The van der Waals surface area contributed by atoms with Gasteiger partial charge in [-0.1, -0.05) is 0 Å². The number of rotatable bonds is 7. The molecule has 0 bridgehead atoms. The molecule has 5 nitrogen and oxygen atoms in total. The number of nitrogens with zero attached hydrogens (tertiary/aromatic N) is 2. The molecule has 2 rings (SSSR count). The van der Waals surface area contributed by atoms with E-state index in [4.69, 9.17) is 5.11 Å².